The van der Waals surface area contributed by atoms with Gasteiger partial charge in [0.05, 0.1) is 19.4 Å². The number of ether oxygens (including phenoxy) is 1. The number of carbonyl (C=O) groups excluding carboxylic acids is 1. The zero-order valence-corrected chi connectivity index (χ0v) is 11.8. The minimum absolute atomic E-state index is 0.0834. The van der Waals surface area contributed by atoms with Crippen LogP contribution in [0.3, 0.4) is 0 Å². The second kappa shape index (κ2) is 6.97. The van der Waals surface area contributed by atoms with E-state index in [4.69, 9.17) is 10.8 Å². The van der Waals surface area contributed by atoms with Gasteiger partial charge < -0.3 is 15.6 Å². The summed E-state index contributed by atoms with van der Waals surface area (Å²) >= 11 is 0. The van der Waals surface area contributed by atoms with Gasteiger partial charge in [-0.3, -0.25) is 9.78 Å². The molecule has 0 fully saturated rings. The highest BCUT2D eigenvalue weighted by molar-refractivity contribution is 5.75. The third kappa shape index (κ3) is 3.87. The van der Waals surface area contributed by atoms with Gasteiger partial charge in [-0.2, -0.15) is 0 Å². The summed E-state index contributed by atoms with van der Waals surface area (Å²) in [6, 6.07) is 10.8. The van der Waals surface area contributed by atoms with E-state index in [2.05, 4.69) is 9.72 Å². The van der Waals surface area contributed by atoms with Gasteiger partial charge in [-0.15, -0.1) is 0 Å². The van der Waals surface area contributed by atoms with Crippen molar-refractivity contribution in [1.29, 1.82) is 0 Å². The van der Waals surface area contributed by atoms with Crippen molar-refractivity contribution in [2.75, 3.05) is 7.11 Å². The number of aromatic nitrogens is 1. The number of aliphatic hydroxyl groups is 1. The molecular formula is C16H18N2O3. The number of rotatable bonds is 5. The Bertz CT molecular complexity index is 611. The third-order valence-corrected chi connectivity index (χ3v) is 3.23. The van der Waals surface area contributed by atoms with E-state index in [0.29, 0.717) is 12.1 Å². The summed E-state index contributed by atoms with van der Waals surface area (Å²) in [5, 5.41) is 9.11. The average Bonchev–Trinajstić information content (AvgIpc) is 2.54. The molecule has 3 N–H and O–H groups in total. The minimum atomic E-state index is -0.650. The van der Waals surface area contributed by atoms with E-state index in [1.54, 1.807) is 6.20 Å². The van der Waals surface area contributed by atoms with Crippen molar-refractivity contribution in [1.82, 2.24) is 4.98 Å². The Balaban J connectivity index is 2.13. The largest absolute Gasteiger partial charge is 0.468 e. The number of aliphatic hydroxyl groups excluding tert-OH is 1. The van der Waals surface area contributed by atoms with Gasteiger partial charge in [0, 0.05) is 6.20 Å². The monoisotopic (exact) mass is 286 g/mol. The van der Waals surface area contributed by atoms with Crippen molar-refractivity contribution in [2.24, 2.45) is 5.73 Å². The Kier molecular flexibility index (Phi) is 5.03. The fourth-order valence-corrected chi connectivity index (χ4v) is 2.07. The van der Waals surface area contributed by atoms with Crippen molar-refractivity contribution in [2.45, 2.75) is 19.1 Å². The second-order valence-electron chi connectivity index (χ2n) is 4.72. The van der Waals surface area contributed by atoms with Gasteiger partial charge >= 0.3 is 5.97 Å². The molecule has 2 rings (SSSR count). The molecule has 1 atom stereocenters. The Morgan fingerprint density at radius 3 is 2.62 bits per heavy atom. The molecule has 0 aliphatic rings. The molecule has 1 heterocycles. The average molecular weight is 286 g/mol. The summed E-state index contributed by atoms with van der Waals surface area (Å²) in [5.74, 6) is -0.416. The summed E-state index contributed by atoms with van der Waals surface area (Å²) in [5.41, 5.74) is 9.33. The summed E-state index contributed by atoms with van der Waals surface area (Å²) in [6.45, 7) is -0.0834. The van der Waals surface area contributed by atoms with Crippen LogP contribution in [-0.2, 0) is 22.6 Å². The summed E-state index contributed by atoms with van der Waals surface area (Å²) in [7, 11) is 1.33. The zero-order valence-electron chi connectivity index (χ0n) is 11.8. The maximum absolute atomic E-state index is 11.3. The summed E-state index contributed by atoms with van der Waals surface area (Å²) in [4.78, 5) is 15.3. The summed E-state index contributed by atoms with van der Waals surface area (Å²) in [6.07, 6.45) is 2.10. The molecule has 2 aromatic rings. The van der Waals surface area contributed by atoms with E-state index in [9.17, 15) is 4.79 Å². The number of hydrogen-bond donors (Lipinski definition) is 2. The topological polar surface area (TPSA) is 85.4 Å². The molecule has 21 heavy (non-hydrogen) atoms. The van der Waals surface area contributed by atoms with Crippen molar-refractivity contribution in [3.8, 4) is 11.1 Å². The number of benzene rings is 1. The molecule has 5 nitrogen and oxygen atoms in total. The maximum atomic E-state index is 11.3. The first-order valence-corrected chi connectivity index (χ1v) is 6.62. The Morgan fingerprint density at radius 1 is 1.29 bits per heavy atom. The maximum Gasteiger partial charge on any atom is 0.322 e. The van der Waals surface area contributed by atoms with Crippen LogP contribution in [0.25, 0.3) is 11.1 Å². The van der Waals surface area contributed by atoms with Crippen LogP contribution in [-0.4, -0.2) is 29.2 Å². The highest BCUT2D eigenvalue weighted by Gasteiger charge is 2.14. The van der Waals surface area contributed by atoms with Gasteiger partial charge in [-0.1, -0.05) is 24.3 Å². The lowest BCUT2D eigenvalue weighted by Crippen LogP contribution is -2.33. The molecule has 1 aromatic heterocycles. The molecule has 0 aliphatic carbocycles. The predicted octanol–water partition coefficient (Wildman–Crippen LogP) is 1.28. The number of hydrogen-bond acceptors (Lipinski definition) is 5. The fourth-order valence-electron chi connectivity index (χ4n) is 2.07. The number of nitrogens with zero attached hydrogens (tertiary/aromatic N) is 1. The van der Waals surface area contributed by atoms with E-state index < -0.39 is 12.0 Å². The molecule has 0 unspecified atom stereocenters. The molecule has 110 valence electrons. The SMILES string of the molecule is COC(=O)[C@@H](N)Cc1ccc(-c2ccnc(CO)c2)cc1. The molecular weight excluding hydrogens is 268 g/mol. The smallest absolute Gasteiger partial charge is 0.322 e. The molecule has 0 spiro atoms. The predicted molar refractivity (Wildman–Crippen MR) is 79.3 cm³/mol. The normalized spacial score (nSPS) is 12.0. The van der Waals surface area contributed by atoms with Crippen LogP contribution in [0.15, 0.2) is 42.6 Å². The van der Waals surface area contributed by atoms with Gasteiger partial charge in [-0.25, -0.2) is 0 Å². The molecule has 0 aliphatic heterocycles. The van der Waals surface area contributed by atoms with Crippen molar-refractivity contribution >= 4 is 5.97 Å². The Hall–Kier alpha value is -2.24. The molecule has 0 radical (unpaired) electrons. The highest BCUT2D eigenvalue weighted by Crippen LogP contribution is 2.20. The number of nitrogens with two attached hydrogens (primary N) is 1. The van der Waals surface area contributed by atoms with E-state index in [-0.39, 0.29) is 6.61 Å². The molecule has 5 heteroatoms. The first-order valence-electron chi connectivity index (χ1n) is 6.62. The summed E-state index contributed by atoms with van der Waals surface area (Å²) < 4.78 is 4.61. The Labute approximate surface area is 123 Å². The molecule has 0 bridgehead atoms. The van der Waals surface area contributed by atoms with E-state index >= 15 is 0 Å². The van der Waals surface area contributed by atoms with E-state index in [0.717, 1.165) is 16.7 Å². The first-order chi connectivity index (χ1) is 10.1. The van der Waals surface area contributed by atoms with Gasteiger partial charge in [-0.05, 0) is 35.2 Å². The molecule has 1 aromatic carbocycles. The van der Waals surface area contributed by atoms with E-state index in [1.165, 1.54) is 7.11 Å². The lowest BCUT2D eigenvalue weighted by molar-refractivity contribution is -0.142. The van der Waals surface area contributed by atoms with Crippen LogP contribution in [0.5, 0.6) is 0 Å². The van der Waals surface area contributed by atoms with Gasteiger partial charge in [0.15, 0.2) is 0 Å². The van der Waals surface area contributed by atoms with Gasteiger partial charge in [0.2, 0.25) is 0 Å². The van der Waals surface area contributed by atoms with Crippen molar-refractivity contribution in [3.05, 3.63) is 53.9 Å². The van der Waals surface area contributed by atoms with Crippen LogP contribution in [0.2, 0.25) is 0 Å². The van der Waals surface area contributed by atoms with Crippen LogP contribution in [0, 0.1) is 0 Å². The number of methoxy groups -OCH3 is 1. The standard InChI is InChI=1S/C16H18N2O3/c1-21-16(20)15(17)8-11-2-4-12(5-3-11)13-6-7-18-14(9-13)10-19/h2-7,9,15,19H,8,10,17H2,1H3/t15-/m0/s1. The lowest BCUT2D eigenvalue weighted by atomic mass is 10.0. The first kappa shape index (κ1) is 15.2. The second-order valence-corrected chi connectivity index (χ2v) is 4.72. The number of carbonyl (C=O) groups is 1. The fraction of sp³-hybridized carbons (Fsp3) is 0.250. The van der Waals surface area contributed by atoms with Crippen LogP contribution < -0.4 is 5.73 Å². The minimum Gasteiger partial charge on any atom is -0.468 e. The molecule has 0 amide bonds. The molecule has 0 saturated carbocycles. The third-order valence-electron chi connectivity index (χ3n) is 3.23. The highest BCUT2D eigenvalue weighted by atomic mass is 16.5. The number of pyridine rings is 1. The number of esters is 1. The van der Waals surface area contributed by atoms with Gasteiger partial charge in [0.25, 0.3) is 0 Å². The molecule has 0 saturated heterocycles. The van der Waals surface area contributed by atoms with Crippen LogP contribution in [0.1, 0.15) is 11.3 Å². The van der Waals surface area contributed by atoms with Gasteiger partial charge in [0.1, 0.15) is 6.04 Å². The quantitative estimate of drug-likeness (QED) is 0.809. The van der Waals surface area contributed by atoms with Crippen molar-refractivity contribution < 1.29 is 14.6 Å². The Morgan fingerprint density at radius 2 is 2.00 bits per heavy atom. The van der Waals surface area contributed by atoms with E-state index in [1.807, 2.05) is 36.4 Å². The van der Waals surface area contributed by atoms with Crippen LogP contribution in [0.4, 0.5) is 0 Å². The zero-order chi connectivity index (χ0) is 15.2. The van der Waals surface area contributed by atoms with Crippen molar-refractivity contribution in [3.63, 3.8) is 0 Å². The van der Waals surface area contributed by atoms with Crippen LogP contribution >= 0.6 is 0 Å². The lowest BCUT2D eigenvalue weighted by Gasteiger charge is -2.10.